The Kier molecular flexibility index (Phi) is 6.10. The molecule has 11 heteroatoms. The number of pyridine rings is 1. The average Bonchev–Trinajstić information content (AvgIpc) is 3.03. The highest BCUT2D eigenvalue weighted by Crippen LogP contribution is 2.25. The Morgan fingerprint density at radius 2 is 1.88 bits per heavy atom. The van der Waals surface area contributed by atoms with Crippen molar-refractivity contribution in [3.63, 3.8) is 0 Å². The number of hydrogen-bond donors (Lipinski definition) is 0. The topological polar surface area (TPSA) is 80.0 Å². The molecule has 3 rings (SSSR count). The van der Waals surface area contributed by atoms with Crippen LogP contribution in [-0.4, -0.2) is 74.9 Å². The van der Waals surface area contributed by atoms with E-state index in [1.54, 1.807) is 33.4 Å². The van der Waals surface area contributed by atoms with E-state index in [1.165, 1.54) is 11.8 Å². The average molecular weight is 418 g/mol. The first kappa shape index (κ1) is 19.1. The van der Waals surface area contributed by atoms with E-state index in [1.807, 2.05) is 0 Å². The third-order valence-electron chi connectivity index (χ3n) is 3.88. The quantitative estimate of drug-likeness (QED) is 0.710. The van der Waals surface area contributed by atoms with Crippen molar-refractivity contribution in [3.8, 4) is 0 Å². The molecule has 2 aromatic rings. The van der Waals surface area contributed by atoms with Crippen LogP contribution in [0, 0.1) is 0 Å². The molecule has 1 saturated heterocycles. The number of thioether (sulfide) groups is 1. The molecule has 2 aromatic heterocycles. The summed E-state index contributed by atoms with van der Waals surface area (Å²) in [4.78, 5) is 27.5. The van der Waals surface area contributed by atoms with E-state index in [0.717, 1.165) is 0 Å². The number of aromatic nitrogens is 3. The second-order valence-corrected chi connectivity index (χ2v) is 7.32. The fourth-order valence-electron chi connectivity index (χ4n) is 2.57. The molecule has 8 nitrogen and oxygen atoms in total. The van der Waals surface area contributed by atoms with Gasteiger partial charge in [0.25, 0.3) is 0 Å². The largest absolute Gasteiger partial charge is 0.450 e. The molecule has 1 fully saturated rings. The first-order chi connectivity index (χ1) is 12.5. The van der Waals surface area contributed by atoms with E-state index in [0.29, 0.717) is 53.6 Å². The lowest BCUT2D eigenvalue weighted by Crippen LogP contribution is -2.51. The van der Waals surface area contributed by atoms with Crippen molar-refractivity contribution in [2.24, 2.45) is 0 Å². The Balaban J connectivity index is 1.56. The van der Waals surface area contributed by atoms with Crippen molar-refractivity contribution < 1.29 is 14.3 Å². The summed E-state index contributed by atoms with van der Waals surface area (Å²) in [5.74, 6) is 0.188. The fraction of sp³-hybridized carbons (Fsp3) is 0.467. The van der Waals surface area contributed by atoms with Gasteiger partial charge in [-0.1, -0.05) is 35.0 Å². The van der Waals surface area contributed by atoms with Crippen LogP contribution >= 0.6 is 35.0 Å². The Morgan fingerprint density at radius 3 is 2.58 bits per heavy atom. The summed E-state index contributed by atoms with van der Waals surface area (Å²) in [6, 6.07) is 1.59. The second kappa shape index (κ2) is 8.32. The minimum Gasteiger partial charge on any atom is -0.450 e. The van der Waals surface area contributed by atoms with Gasteiger partial charge in [-0.05, 0) is 13.0 Å². The number of carbonyl (C=O) groups is 2. The Morgan fingerprint density at radius 1 is 1.19 bits per heavy atom. The van der Waals surface area contributed by atoms with Crippen molar-refractivity contribution in [3.05, 3.63) is 22.3 Å². The number of nitrogens with zero attached hydrogens (tertiary/aromatic N) is 5. The van der Waals surface area contributed by atoms with Crippen LogP contribution in [0.1, 0.15) is 6.92 Å². The van der Waals surface area contributed by atoms with Crippen molar-refractivity contribution in [2.75, 3.05) is 38.5 Å². The summed E-state index contributed by atoms with van der Waals surface area (Å²) < 4.78 is 6.64. The van der Waals surface area contributed by atoms with Gasteiger partial charge in [0.2, 0.25) is 5.91 Å². The molecular formula is C15H17Cl2N5O3S. The van der Waals surface area contributed by atoms with Crippen LogP contribution in [0.4, 0.5) is 4.79 Å². The molecule has 0 spiro atoms. The van der Waals surface area contributed by atoms with Crippen LogP contribution in [0.15, 0.2) is 17.4 Å². The molecule has 0 N–H and O–H groups in total. The molecule has 0 saturated carbocycles. The Hall–Kier alpha value is -1.71. The minimum absolute atomic E-state index is 0.0246. The van der Waals surface area contributed by atoms with Gasteiger partial charge < -0.3 is 14.5 Å². The normalized spacial score (nSPS) is 14.7. The van der Waals surface area contributed by atoms with Gasteiger partial charge in [-0.3, -0.25) is 9.20 Å². The maximum atomic E-state index is 12.4. The molecule has 3 heterocycles. The molecule has 2 amide bonds. The van der Waals surface area contributed by atoms with Crippen LogP contribution in [0.25, 0.3) is 5.65 Å². The number of fused-ring (bicyclic) bond motifs is 1. The molecule has 0 bridgehead atoms. The summed E-state index contributed by atoms with van der Waals surface area (Å²) in [5, 5.41) is 9.49. The summed E-state index contributed by atoms with van der Waals surface area (Å²) in [6.07, 6.45) is 1.32. The highest BCUT2D eigenvalue weighted by Gasteiger charge is 2.25. The molecule has 26 heavy (non-hydrogen) atoms. The van der Waals surface area contributed by atoms with Crippen molar-refractivity contribution in [1.29, 1.82) is 0 Å². The zero-order valence-corrected chi connectivity index (χ0v) is 16.4. The van der Waals surface area contributed by atoms with Crippen LogP contribution in [0.5, 0.6) is 0 Å². The number of piperazine rings is 1. The van der Waals surface area contributed by atoms with Crippen molar-refractivity contribution in [2.45, 2.75) is 12.1 Å². The van der Waals surface area contributed by atoms with Gasteiger partial charge >= 0.3 is 6.09 Å². The van der Waals surface area contributed by atoms with Crippen molar-refractivity contribution in [1.82, 2.24) is 24.4 Å². The van der Waals surface area contributed by atoms with Gasteiger partial charge in [0.15, 0.2) is 10.8 Å². The summed E-state index contributed by atoms with van der Waals surface area (Å²) in [7, 11) is 0. The maximum absolute atomic E-state index is 12.4. The number of hydrogen-bond acceptors (Lipinski definition) is 6. The first-order valence-corrected chi connectivity index (χ1v) is 9.75. The summed E-state index contributed by atoms with van der Waals surface area (Å²) >= 11 is 13.4. The molecule has 0 radical (unpaired) electrons. The lowest BCUT2D eigenvalue weighted by Gasteiger charge is -2.33. The highest BCUT2D eigenvalue weighted by molar-refractivity contribution is 7.99. The molecule has 140 valence electrons. The van der Waals surface area contributed by atoms with E-state index < -0.39 is 0 Å². The fourth-order valence-corrected chi connectivity index (χ4v) is 3.89. The highest BCUT2D eigenvalue weighted by atomic mass is 35.5. The Labute approximate surface area is 164 Å². The van der Waals surface area contributed by atoms with E-state index in [-0.39, 0.29) is 17.8 Å². The molecule has 0 unspecified atom stereocenters. The van der Waals surface area contributed by atoms with E-state index in [2.05, 4.69) is 10.2 Å². The molecule has 0 aromatic carbocycles. The SMILES string of the molecule is CCOC(=O)N1CCN(C(=O)CSc2nnc3c(Cl)cc(Cl)cn23)CC1. The van der Waals surface area contributed by atoms with Crippen LogP contribution in [0.2, 0.25) is 10.0 Å². The van der Waals surface area contributed by atoms with Gasteiger partial charge in [-0.25, -0.2) is 4.79 Å². The predicted octanol–water partition coefficient (Wildman–Crippen LogP) is 2.43. The van der Waals surface area contributed by atoms with Gasteiger partial charge in [0, 0.05) is 32.4 Å². The smallest absolute Gasteiger partial charge is 0.409 e. The summed E-state index contributed by atoms with van der Waals surface area (Å²) in [6.45, 7) is 4.01. The third-order valence-corrected chi connectivity index (χ3v) is 5.29. The van der Waals surface area contributed by atoms with Crippen LogP contribution in [0.3, 0.4) is 0 Å². The molecular weight excluding hydrogens is 401 g/mol. The predicted molar refractivity (Wildman–Crippen MR) is 98.9 cm³/mol. The molecule has 1 aliphatic rings. The monoisotopic (exact) mass is 417 g/mol. The zero-order valence-electron chi connectivity index (χ0n) is 14.0. The van der Waals surface area contributed by atoms with E-state index >= 15 is 0 Å². The van der Waals surface area contributed by atoms with Gasteiger partial charge in [0.05, 0.1) is 22.4 Å². The van der Waals surface area contributed by atoms with Gasteiger partial charge in [0.1, 0.15) is 0 Å². The number of ether oxygens (including phenoxy) is 1. The van der Waals surface area contributed by atoms with Crippen LogP contribution in [-0.2, 0) is 9.53 Å². The van der Waals surface area contributed by atoms with Crippen LogP contribution < -0.4 is 0 Å². The van der Waals surface area contributed by atoms with E-state index in [4.69, 9.17) is 27.9 Å². The number of rotatable bonds is 4. The minimum atomic E-state index is -0.335. The summed E-state index contributed by atoms with van der Waals surface area (Å²) in [5.41, 5.74) is 0.495. The lowest BCUT2D eigenvalue weighted by atomic mass is 10.3. The second-order valence-electron chi connectivity index (χ2n) is 5.54. The first-order valence-electron chi connectivity index (χ1n) is 8.01. The molecule has 0 atom stereocenters. The number of carbonyl (C=O) groups excluding carboxylic acids is 2. The van der Waals surface area contributed by atoms with E-state index in [9.17, 15) is 9.59 Å². The lowest BCUT2D eigenvalue weighted by molar-refractivity contribution is -0.129. The zero-order chi connectivity index (χ0) is 18.7. The maximum Gasteiger partial charge on any atom is 0.409 e. The standard InChI is InChI=1S/C15H17Cl2N5O3S/c1-2-25-15(24)21-5-3-20(4-6-21)12(23)9-26-14-19-18-13-11(17)7-10(16)8-22(13)14/h7-8H,2-6,9H2,1H3. The molecule has 0 aliphatic carbocycles. The van der Waals surface area contributed by atoms with Gasteiger partial charge in [-0.15, -0.1) is 10.2 Å². The van der Waals surface area contributed by atoms with Gasteiger partial charge in [-0.2, -0.15) is 0 Å². The number of amides is 2. The Bertz CT molecular complexity index is 823. The van der Waals surface area contributed by atoms with Crippen molar-refractivity contribution >= 4 is 52.6 Å². The third kappa shape index (κ3) is 4.16. The molecule has 1 aliphatic heterocycles. The number of halogens is 2.